The van der Waals surface area contributed by atoms with Gasteiger partial charge in [0.25, 0.3) is 5.91 Å². The molecule has 26 heavy (non-hydrogen) atoms. The molecule has 0 unspecified atom stereocenters. The van der Waals surface area contributed by atoms with Crippen molar-refractivity contribution in [2.75, 3.05) is 6.54 Å². The van der Waals surface area contributed by atoms with Crippen LogP contribution in [0.5, 0.6) is 0 Å². The molecule has 0 bridgehead atoms. The highest BCUT2D eigenvalue weighted by Crippen LogP contribution is 2.20. The van der Waals surface area contributed by atoms with Crippen LogP contribution in [0.25, 0.3) is 10.9 Å². The molecule has 2 amide bonds. The van der Waals surface area contributed by atoms with Crippen molar-refractivity contribution in [1.82, 2.24) is 20.6 Å². The van der Waals surface area contributed by atoms with E-state index in [-0.39, 0.29) is 23.7 Å². The Hall–Kier alpha value is -2.74. The fraction of sp³-hybridized carbons (Fsp3) is 0.278. The number of hydrogen-bond acceptors (Lipinski definition) is 4. The molecule has 0 saturated carbocycles. The molecule has 0 fully saturated rings. The number of carbonyl (C=O) groups excluding carboxylic acids is 2. The zero-order chi connectivity index (χ0) is 18.7. The number of H-pyrrole nitrogens is 1. The van der Waals surface area contributed by atoms with E-state index in [9.17, 15) is 14.0 Å². The van der Waals surface area contributed by atoms with Gasteiger partial charge in [-0.25, -0.2) is 9.37 Å². The molecule has 3 aromatic rings. The lowest BCUT2D eigenvalue weighted by atomic mass is 10.1. The van der Waals surface area contributed by atoms with Gasteiger partial charge in [0.1, 0.15) is 16.5 Å². The fourth-order valence-electron chi connectivity index (χ4n) is 2.72. The Labute approximate surface area is 153 Å². The van der Waals surface area contributed by atoms with E-state index >= 15 is 0 Å². The van der Waals surface area contributed by atoms with Gasteiger partial charge in [-0.15, -0.1) is 11.3 Å². The van der Waals surface area contributed by atoms with Crippen LogP contribution in [0.1, 0.15) is 40.9 Å². The molecule has 6 nitrogen and oxygen atoms in total. The Morgan fingerprint density at radius 2 is 2.19 bits per heavy atom. The van der Waals surface area contributed by atoms with Crippen LogP contribution in [0.15, 0.2) is 29.8 Å². The summed E-state index contributed by atoms with van der Waals surface area (Å²) in [5.74, 6) is -0.683. The minimum absolute atomic E-state index is 0.141. The average Bonchev–Trinajstić information content (AvgIpc) is 3.21. The van der Waals surface area contributed by atoms with Gasteiger partial charge >= 0.3 is 0 Å². The first-order valence-corrected chi connectivity index (χ1v) is 9.08. The first kappa shape index (κ1) is 18.1. The number of nitrogens with one attached hydrogen (secondary N) is 3. The van der Waals surface area contributed by atoms with Crippen LogP contribution in [0.2, 0.25) is 0 Å². The number of rotatable bonds is 6. The summed E-state index contributed by atoms with van der Waals surface area (Å²) in [5.41, 5.74) is 2.09. The second-order valence-electron chi connectivity index (χ2n) is 6.00. The van der Waals surface area contributed by atoms with Crippen LogP contribution in [0, 0.1) is 5.82 Å². The number of hydrogen-bond donors (Lipinski definition) is 3. The highest BCUT2D eigenvalue weighted by Gasteiger charge is 2.15. The van der Waals surface area contributed by atoms with Crippen LogP contribution in [0.3, 0.4) is 0 Å². The molecule has 2 aromatic heterocycles. The predicted octanol–water partition coefficient (Wildman–Crippen LogP) is 2.93. The SMILES string of the molecule is CC(=O)N[C@H](C)c1nc(C(=O)NCCc2c[nH]c3cc(F)ccc23)cs1. The third-order valence-electron chi connectivity index (χ3n) is 3.95. The summed E-state index contributed by atoms with van der Waals surface area (Å²) in [6, 6.07) is 4.37. The van der Waals surface area contributed by atoms with Crippen molar-refractivity contribution in [2.45, 2.75) is 26.3 Å². The molecule has 0 radical (unpaired) electrons. The van der Waals surface area contributed by atoms with Crippen LogP contribution in [0.4, 0.5) is 4.39 Å². The van der Waals surface area contributed by atoms with Crippen molar-refractivity contribution >= 4 is 34.1 Å². The molecule has 1 aromatic carbocycles. The van der Waals surface area contributed by atoms with Crippen molar-refractivity contribution < 1.29 is 14.0 Å². The van der Waals surface area contributed by atoms with Crippen molar-refractivity contribution in [1.29, 1.82) is 0 Å². The van der Waals surface area contributed by atoms with Gasteiger partial charge in [0.2, 0.25) is 5.91 Å². The summed E-state index contributed by atoms with van der Waals surface area (Å²) in [6.07, 6.45) is 2.45. The summed E-state index contributed by atoms with van der Waals surface area (Å²) < 4.78 is 13.2. The zero-order valence-electron chi connectivity index (χ0n) is 14.4. The smallest absolute Gasteiger partial charge is 0.270 e. The molecule has 136 valence electrons. The van der Waals surface area contributed by atoms with E-state index in [1.807, 2.05) is 13.1 Å². The Kier molecular flexibility index (Phi) is 5.32. The van der Waals surface area contributed by atoms with Gasteiger partial charge in [0.05, 0.1) is 6.04 Å². The van der Waals surface area contributed by atoms with Gasteiger partial charge in [-0.1, -0.05) is 0 Å². The van der Waals surface area contributed by atoms with Gasteiger partial charge < -0.3 is 15.6 Å². The van der Waals surface area contributed by atoms with Gasteiger partial charge in [-0.3, -0.25) is 9.59 Å². The summed E-state index contributed by atoms with van der Waals surface area (Å²) in [6.45, 7) is 3.70. The second kappa shape index (κ2) is 7.65. The third kappa shape index (κ3) is 4.08. The van der Waals surface area contributed by atoms with Crippen molar-refractivity contribution in [3.63, 3.8) is 0 Å². The van der Waals surface area contributed by atoms with E-state index < -0.39 is 0 Å². The minimum Gasteiger partial charge on any atom is -0.361 e. The zero-order valence-corrected chi connectivity index (χ0v) is 15.2. The number of benzene rings is 1. The normalized spacial score (nSPS) is 12.1. The summed E-state index contributed by atoms with van der Waals surface area (Å²) in [7, 11) is 0. The van der Waals surface area contributed by atoms with Crippen molar-refractivity contribution in [3.05, 3.63) is 51.9 Å². The van der Waals surface area contributed by atoms with Gasteiger partial charge in [0.15, 0.2) is 0 Å². The molecule has 0 saturated heterocycles. The summed E-state index contributed by atoms with van der Waals surface area (Å²) >= 11 is 1.34. The molecule has 3 rings (SSSR count). The fourth-order valence-corrected chi connectivity index (χ4v) is 3.53. The highest BCUT2D eigenvalue weighted by atomic mass is 32.1. The van der Waals surface area contributed by atoms with Crippen LogP contribution in [-0.2, 0) is 11.2 Å². The summed E-state index contributed by atoms with van der Waals surface area (Å²) in [4.78, 5) is 30.6. The number of nitrogens with zero attached hydrogens (tertiary/aromatic N) is 1. The second-order valence-corrected chi connectivity index (χ2v) is 6.89. The third-order valence-corrected chi connectivity index (χ3v) is 4.98. The number of amides is 2. The number of aromatic amines is 1. The van der Waals surface area contributed by atoms with E-state index in [1.54, 1.807) is 11.4 Å². The number of halogens is 1. The molecular weight excluding hydrogens is 355 g/mol. The van der Waals surface area contributed by atoms with Gasteiger partial charge in [0, 0.05) is 35.9 Å². The largest absolute Gasteiger partial charge is 0.361 e. The lowest BCUT2D eigenvalue weighted by Crippen LogP contribution is -2.26. The molecule has 3 N–H and O–H groups in total. The monoisotopic (exact) mass is 374 g/mol. The standard InChI is InChI=1S/C18H19FN4O2S/c1-10(22-11(2)24)18-23-16(9-26-18)17(25)20-6-5-12-8-21-15-7-13(19)3-4-14(12)15/h3-4,7-10,21H,5-6H2,1-2H3,(H,20,25)(H,22,24)/t10-/m1/s1. The molecule has 0 aliphatic heterocycles. The molecule has 1 atom stereocenters. The maximum Gasteiger partial charge on any atom is 0.270 e. The first-order valence-electron chi connectivity index (χ1n) is 8.20. The Morgan fingerprint density at radius 1 is 1.38 bits per heavy atom. The van der Waals surface area contributed by atoms with Crippen LogP contribution >= 0.6 is 11.3 Å². The Bertz CT molecular complexity index is 950. The quantitative estimate of drug-likeness (QED) is 0.620. The number of fused-ring (bicyclic) bond motifs is 1. The molecule has 2 heterocycles. The predicted molar refractivity (Wildman–Crippen MR) is 98.6 cm³/mol. The highest BCUT2D eigenvalue weighted by molar-refractivity contribution is 7.09. The lowest BCUT2D eigenvalue weighted by molar-refractivity contribution is -0.119. The molecule has 0 aliphatic carbocycles. The van der Waals surface area contributed by atoms with Gasteiger partial charge in [-0.2, -0.15) is 0 Å². The first-order chi connectivity index (χ1) is 12.4. The molecule has 0 spiro atoms. The molecule has 8 heteroatoms. The van der Waals surface area contributed by atoms with Crippen molar-refractivity contribution in [2.24, 2.45) is 0 Å². The van der Waals surface area contributed by atoms with E-state index in [1.165, 1.54) is 30.4 Å². The van der Waals surface area contributed by atoms with Crippen LogP contribution < -0.4 is 10.6 Å². The van der Waals surface area contributed by atoms with E-state index in [0.717, 1.165) is 16.5 Å². The summed E-state index contributed by atoms with van der Waals surface area (Å²) in [5, 5.41) is 8.88. The van der Waals surface area contributed by atoms with Crippen molar-refractivity contribution in [3.8, 4) is 0 Å². The van der Waals surface area contributed by atoms with E-state index in [2.05, 4.69) is 20.6 Å². The number of thiazole rings is 1. The topological polar surface area (TPSA) is 86.9 Å². The lowest BCUT2D eigenvalue weighted by Gasteiger charge is -2.08. The maximum absolute atomic E-state index is 13.2. The Morgan fingerprint density at radius 3 is 2.96 bits per heavy atom. The van der Waals surface area contributed by atoms with E-state index in [0.29, 0.717) is 23.7 Å². The molecular formula is C18H19FN4O2S. The minimum atomic E-state index is -0.285. The number of carbonyl (C=O) groups is 2. The van der Waals surface area contributed by atoms with E-state index in [4.69, 9.17) is 0 Å². The maximum atomic E-state index is 13.2. The van der Waals surface area contributed by atoms with Crippen LogP contribution in [-0.4, -0.2) is 28.3 Å². The van der Waals surface area contributed by atoms with Gasteiger partial charge in [-0.05, 0) is 37.1 Å². The molecule has 0 aliphatic rings. The number of aromatic nitrogens is 2. The Balaban J connectivity index is 1.57. The average molecular weight is 374 g/mol.